The highest BCUT2D eigenvalue weighted by Crippen LogP contribution is 2.22. The zero-order chi connectivity index (χ0) is 14.0. The van der Waals surface area contributed by atoms with Crippen LogP contribution in [0.15, 0.2) is 6.07 Å². The van der Waals surface area contributed by atoms with E-state index in [0.717, 1.165) is 25.1 Å². The van der Waals surface area contributed by atoms with Crippen molar-refractivity contribution in [3.05, 3.63) is 17.5 Å². The SMILES string of the molecule is CCn1nc(C(C)C)cc1C(=O)N1CCC[C@@H]1CO. The minimum absolute atomic E-state index is 0.00204. The number of aryl methyl sites for hydroxylation is 1. The third kappa shape index (κ3) is 2.66. The summed E-state index contributed by atoms with van der Waals surface area (Å²) in [6, 6.07) is 1.86. The van der Waals surface area contributed by atoms with Crippen molar-refractivity contribution in [2.45, 2.75) is 52.1 Å². The number of hydrogen-bond donors (Lipinski definition) is 1. The lowest BCUT2D eigenvalue weighted by Gasteiger charge is -2.23. The van der Waals surface area contributed by atoms with Gasteiger partial charge in [-0.05, 0) is 31.7 Å². The Labute approximate surface area is 114 Å². The van der Waals surface area contributed by atoms with Gasteiger partial charge >= 0.3 is 0 Å². The summed E-state index contributed by atoms with van der Waals surface area (Å²) in [6.07, 6.45) is 1.85. The number of aliphatic hydroxyl groups is 1. The number of aliphatic hydroxyl groups excluding tert-OH is 1. The predicted molar refractivity (Wildman–Crippen MR) is 73.1 cm³/mol. The van der Waals surface area contributed by atoms with Gasteiger partial charge in [0.1, 0.15) is 5.69 Å². The molecule has 1 saturated heterocycles. The van der Waals surface area contributed by atoms with Gasteiger partial charge in [0.15, 0.2) is 0 Å². The highest BCUT2D eigenvalue weighted by atomic mass is 16.3. The Morgan fingerprint density at radius 1 is 1.58 bits per heavy atom. The van der Waals surface area contributed by atoms with Crippen molar-refractivity contribution in [2.75, 3.05) is 13.2 Å². The molecule has 2 rings (SSSR count). The van der Waals surface area contributed by atoms with E-state index in [1.807, 2.05) is 13.0 Å². The van der Waals surface area contributed by atoms with E-state index in [1.54, 1.807) is 9.58 Å². The Kier molecular flexibility index (Phi) is 4.24. The van der Waals surface area contributed by atoms with Crippen LogP contribution in [0.3, 0.4) is 0 Å². The minimum atomic E-state index is -0.0322. The van der Waals surface area contributed by atoms with Gasteiger partial charge in [-0.2, -0.15) is 5.10 Å². The van der Waals surface area contributed by atoms with Gasteiger partial charge in [0.2, 0.25) is 0 Å². The zero-order valence-electron chi connectivity index (χ0n) is 12.0. The molecule has 1 aliphatic rings. The lowest BCUT2D eigenvalue weighted by molar-refractivity contribution is 0.0665. The van der Waals surface area contributed by atoms with Crippen LogP contribution in [0.5, 0.6) is 0 Å². The maximum Gasteiger partial charge on any atom is 0.272 e. The van der Waals surface area contributed by atoms with E-state index in [1.165, 1.54) is 0 Å². The summed E-state index contributed by atoms with van der Waals surface area (Å²) in [5, 5.41) is 13.8. The molecule has 5 heteroatoms. The molecule has 106 valence electrons. The topological polar surface area (TPSA) is 58.4 Å². The standard InChI is InChI=1S/C14H23N3O2/c1-4-17-13(8-12(15-17)10(2)3)14(19)16-7-5-6-11(16)9-18/h8,10-11,18H,4-7,9H2,1-3H3/t11-/m1/s1. The van der Waals surface area contributed by atoms with Gasteiger partial charge in [-0.25, -0.2) is 0 Å². The predicted octanol–water partition coefficient (Wildman–Crippen LogP) is 1.62. The maximum atomic E-state index is 12.6. The van der Waals surface area contributed by atoms with E-state index in [2.05, 4.69) is 18.9 Å². The first-order chi connectivity index (χ1) is 9.08. The van der Waals surface area contributed by atoms with Crippen molar-refractivity contribution in [2.24, 2.45) is 0 Å². The third-order valence-electron chi connectivity index (χ3n) is 3.76. The highest BCUT2D eigenvalue weighted by Gasteiger charge is 2.30. The molecule has 1 amide bonds. The molecule has 0 aromatic carbocycles. The van der Waals surface area contributed by atoms with Crippen LogP contribution in [-0.4, -0.2) is 44.9 Å². The highest BCUT2D eigenvalue weighted by molar-refractivity contribution is 5.93. The van der Waals surface area contributed by atoms with Crippen molar-refractivity contribution in [3.63, 3.8) is 0 Å². The van der Waals surface area contributed by atoms with E-state index in [0.29, 0.717) is 18.2 Å². The zero-order valence-corrected chi connectivity index (χ0v) is 12.0. The molecule has 1 aromatic heterocycles. The fourth-order valence-corrected chi connectivity index (χ4v) is 2.57. The summed E-state index contributed by atoms with van der Waals surface area (Å²) in [5.74, 6) is 0.310. The van der Waals surface area contributed by atoms with Crippen LogP contribution in [0.4, 0.5) is 0 Å². The second kappa shape index (κ2) is 5.74. The molecule has 1 N–H and O–H groups in total. The summed E-state index contributed by atoms with van der Waals surface area (Å²) in [6.45, 7) is 7.60. The number of aromatic nitrogens is 2. The quantitative estimate of drug-likeness (QED) is 0.900. The summed E-state index contributed by atoms with van der Waals surface area (Å²) < 4.78 is 1.77. The molecule has 5 nitrogen and oxygen atoms in total. The van der Waals surface area contributed by atoms with E-state index in [4.69, 9.17) is 0 Å². The number of likely N-dealkylation sites (tertiary alicyclic amines) is 1. The first-order valence-electron chi connectivity index (χ1n) is 7.08. The third-order valence-corrected chi connectivity index (χ3v) is 3.76. The fraction of sp³-hybridized carbons (Fsp3) is 0.714. The van der Waals surface area contributed by atoms with E-state index in [-0.39, 0.29) is 18.6 Å². The van der Waals surface area contributed by atoms with Crippen LogP contribution in [0, 0.1) is 0 Å². The molecule has 2 heterocycles. The molecule has 1 atom stereocenters. The molecule has 0 unspecified atom stereocenters. The van der Waals surface area contributed by atoms with Crippen LogP contribution in [0.2, 0.25) is 0 Å². The number of amides is 1. The Hall–Kier alpha value is -1.36. The molecule has 19 heavy (non-hydrogen) atoms. The van der Waals surface area contributed by atoms with Crippen LogP contribution in [0.1, 0.15) is 55.7 Å². The molecule has 0 aliphatic carbocycles. The number of rotatable bonds is 4. The van der Waals surface area contributed by atoms with E-state index in [9.17, 15) is 9.90 Å². The largest absolute Gasteiger partial charge is 0.394 e. The van der Waals surface area contributed by atoms with Crippen molar-refractivity contribution in [3.8, 4) is 0 Å². The normalized spacial score (nSPS) is 19.4. The van der Waals surface area contributed by atoms with Crippen LogP contribution in [0.25, 0.3) is 0 Å². The van der Waals surface area contributed by atoms with E-state index < -0.39 is 0 Å². The summed E-state index contributed by atoms with van der Waals surface area (Å²) in [7, 11) is 0. The monoisotopic (exact) mass is 265 g/mol. The number of hydrogen-bond acceptors (Lipinski definition) is 3. The molecule has 1 aliphatic heterocycles. The average Bonchev–Trinajstić information content (AvgIpc) is 3.03. The van der Waals surface area contributed by atoms with Gasteiger partial charge < -0.3 is 10.0 Å². The van der Waals surface area contributed by atoms with Crippen molar-refractivity contribution in [1.29, 1.82) is 0 Å². The molecule has 0 saturated carbocycles. The summed E-state index contributed by atoms with van der Waals surface area (Å²) in [4.78, 5) is 14.4. The van der Waals surface area contributed by atoms with Gasteiger partial charge in [-0.1, -0.05) is 13.8 Å². The van der Waals surface area contributed by atoms with Crippen LogP contribution in [-0.2, 0) is 6.54 Å². The van der Waals surface area contributed by atoms with Gasteiger partial charge in [0.25, 0.3) is 5.91 Å². The first kappa shape index (κ1) is 14.1. The van der Waals surface area contributed by atoms with Crippen LogP contribution < -0.4 is 0 Å². The van der Waals surface area contributed by atoms with Gasteiger partial charge in [0.05, 0.1) is 18.3 Å². The van der Waals surface area contributed by atoms with E-state index >= 15 is 0 Å². The smallest absolute Gasteiger partial charge is 0.272 e. The molecule has 0 bridgehead atoms. The molecule has 1 aromatic rings. The molecule has 0 spiro atoms. The molecular formula is C14H23N3O2. The minimum Gasteiger partial charge on any atom is -0.394 e. The Balaban J connectivity index is 2.27. The summed E-state index contributed by atoms with van der Waals surface area (Å²) >= 11 is 0. The Morgan fingerprint density at radius 3 is 2.89 bits per heavy atom. The van der Waals surface area contributed by atoms with Gasteiger partial charge in [-0.3, -0.25) is 9.48 Å². The lowest BCUT2D eigenvalue weighted by atomic mass is 10.1. The van der Waals surface area contributed by atoms with Crippen molar-refractivity contribution >= 4 is 5.91 Å². The van der Waals surface area contributed by atoms with Gasteiger partial charge in [0, 0.05) is 13.1 Å². The maximum absolute atomic E-state index is 12.6. The Morgan fingerprint density at radius 2 is 2.32 bits per heavy atom. The molecule has 1 fully saturated rings. The summed E-state index contributed by atoms with van der Waals surface area (Å²) in [5.41, 5.74) is 1.59. The van der Waals surface area contributed by atoms with Crippen LogP contribution >= 0.6 is 0 Å². The van der Waals surface area contributed by atoms with Crippen molar-refractivity contribution < 1.29 is 9.90 Å². The first-order valence-corrected chi connectivity index (χ1v) is 7.08. The average molecular weight is 265 g/mol. The lowest BCUT2D eigenvalue weighted by Crippen LogP contribution is -2.38. The molecule has 0 radical (unpaired) electrons. The second-order valence-corrected chi connectivity index (χ2v) is 5.40. The Bertz CT molecular complexity index is 454. The number of carbonyl (C=O) groups is 1. The van der Waals surface area contributed by atoms with Crippen molar-refractivity contribution in [1.82, 2.24) is 14.7 Å². The number of nitrogens with zero attached hydrogens (tertiary/aromatic N) is 3. The van der Waals surface area contributed by atoms with Gasteiger partial charge in [-0.15, -0.1) is 0 Å². The fourth-order valence-electron chi connectivity index (χ4n) is 2.57. The number of carbonyl (C=O) groups excluding carboxylic acids is 1. The second-order valence-electron chi connectivity index (χ2n) is 5.40. The molecular weight excluding hydrogens is 242 g/mol.